The number of hydrogen-bond donors (Lipinski definition) is 0. The minimum Gasteiger partial charge on any atom is -0.489 e. The lowest BCUT2D eigenvalue weighted by Crippen LogP contribution is -2.29. The summed E-state index contributed by atoms with van der Waals surface area (Å²) >= 11 is 0. The van der Waals surface area contributed by atoms with Gasteiger partial charge in [-0.1, -0.05) is 12.1 Å². The number of likely N-dealkylation sites (N-methyl/N-ethyl adjacent to an activating group) is 1. The molecule has 0 N–H and O–H groups in total. The summed E-state index contributed by atoms with van der Waals surface area (Å²) in [5, 5.41) is 0. The number of para-hydroxylation sites is 1. The van der Waals surface area contributed by atoms with Crippen LogP contribution in [0.2, 0.25) is 0 Å². The average Bonchev–Trinajstić information content (AvgIpc) is 2.55. The Morgan fingerprint density at radius 3 is 2.73 bits per heavy atom. The van der Waals surface area contributed by atoms with Gasteiger partial charge in [0.25, 0.3) is 0 Å². The van der Waals surface area contributed by atoms with Gasteiger partial charge in [0.05, 0.1) is 6.54 Å². The van der Waals surface area contributed by atoms with Crippen LogP contribution >= 0.6 is 0 Å². The molecular weight excluding hydrogens is 283 g/mol. The number of rotatable bonds is 6. The van der Waals surface area contributed by atoms with Crippen molar-refractivity contribution in [3.05, 3.63) is 66.2 Å². The van der Waals surface area contributed by atoms with Gasteiger partial charge in [-0.05, 0) is 35.9 Å². The van der Waals surface area contributed by atoms with Crippen LogP contribution in [0, 0.1) is 5.82 Å². The number of carbonyl (C=O) groups excluding carboxylic acids is 1. The lowest BCUT2D eigenvalue weighted by atomic mass is 10.2. The summed E-state index contributed by atoms with van der Waals surface area (Å²) in [4.78, 5) is 17.3. The summed E-state index contributed by atoms with van der Waals surface area (Å²) in [6, 6.07) is 9.81. The highest BCUT2D eigenvalue weighted by Gasteiger charge is 2.06. The van der Waals surface area contributed by atoms with Gasteiger partial charge in [0.2, 0.25) is 5.91 Å². The number of nitrogens with zero attached hydrogens (tertiary/aromatic N) is 2. The molecule has 114 valence electrons. The molecule has 2 aromatic rings. The van der Waals surface area contributed by atoms with Crippen molar-refractivity contribution in [2.24, 2.45) is 0 Å². The molecule has 0 saturated heterocycles. The summed E-state index contributed by atoms with van der Waals surface area (Å²) in [5.41, 5.74) is 0.902. The molecule has 0 saturated carbocycles. The smallest absolute Gasteiger partial charge is 0.246 e. The molecule has 1 heterocycles. The van der Waals surface area contributed by atoms with E-state index in [0.717, 1.165) is 5.56 Å². The van der Waals surface area contributed by atoms with Crippen molar-refractivity contribution in [1.82, 2.24) is 9.88 Å². The molecule has 0 aliphatic heterocycles. The Morgan fingerprint density at radius 1 is 1.27 bits per heavy atom. The van der Waals surface area contributed by atoms with Crippen molar-refractivity contribution in [2.75, 3.05) is 20.2 Å². The number of hydrogen-bond acceptors (Lipinski definition) is 3. The highest BCUT2D eigenvalue weighted by atomic mass is 19.1. The number of amides is 1. The fraction of sp³-hybridized carbons (Fsp3) is 0.176. The minimum absolute atomic E-state index is 0.144. The fourth-order valence-corrected chi connectivity index (χ4v) is 1.73. The molecule has 2 rings (SSSR count). The molecule has 0 spiro atoms. The Hall–Kier alpha value is -2.69. The SMILES string of the molecule is CN(CCOc1ccccc1F)C(=O)/C=C/c1ccncc1. The summed E-state index contributed by atoms with van der Waals surface area (Å²) in [6.45, 7) is 0.597. The molecule has 0 fully saturated rings. The Morgan fingerprint density at radius 2 is 2.00 bits per heavy atom. The molecule has 0 radical (unpaired) electrons. The highest BCUT2D eigenvalue weighted by molar-refractivity contribution is 5.91. The summed E-state index contributed by atoms with van der Waals surface area (Å²) in [5.74, 6) is -0.362. The van der Waals surface area contributed by atoms with Crippen molar-refractivity contribution in [1.29, 1.82) is 0 Å². The van der Waals surface area contributed by atoms with Crippen LogP contribution in [0.25, 0.3) is 6.08 Å². The maximum Gasteiger partial charge on any atom is 0.246 e. The first-order valence-corrected chi connectivity index (χ1v) is 6.87. The number of pyridine rings is 1. The number of carbonyl (C=O) groups is 1. The molecule has 0 atom stereocenters. The van der Waals surface area contributed by atoms with Crippen LogP contribution in [0.3, 0.4) is 0 Å². The zero-order valence-corrected chi connectivity index (χ0v) is 12.3. The lowest BCUT2D eigenvalue weighted by molar-refractivity contribution is -0.125. The maximum atomic E-state index is 13.4. The van der Waals surface area contributed by atoms with Gasteiger partial charge < -0.3 is 9.64 Å². The number of ether oxygens (including phenoxy) is 1. The highest BCUT2D eigenvalue weighted by Crippen LogP contribution is 2.15. The molecule has 1 amide bonds. The molecule has 0 bridgehead atoms. The second-order valence-electron chi connectivity index (χ2n) is 4.65. The third-order valence-electron chi connectivity index (χ3n) is 3.02. The van der Waals surface area contributed by atoms with Gasteiger partial charge in [-0.15, -0.1) is 0 Å². The van der Waals surface area contributed by atoms with Crippen molar-refractivity contribution >= 4 is 12.0 Å². The zero-order chi connectivity index (χ0) is 15.8. The topological polar surface area (TPSA) is 42.4 Å². The van der Waals surface area contributed by atoms with Crippen LogP contribution in [0.4, 0.5) is 4.39 Å². The average molecular weight is 300 g/mol. The van der Waals surface area contributed by atoms with Gasteiger partial charge >= 0.3 is 0 Å². The van der Waals surface area contributed by atoms with E-state index >= 15 is 0 Å². The van der Waals surface area contributed by atoms with Crippen LogP contribution in [0.15, 0.2) is 54.9 Å². The molecule has 0 aliphatic carbocycles. The van der Waals surface area contributed by atoms with Crippen LogP contribution in [-0.4, -0.2) is 36.0 Å². The number of benzene rings is 1. The van der Waals surface area contributed by atoms with E-state index < -0.39 is 5.82 Å². The van der Waals surface area contributed by atoms with Crippen molar-refractivity contribution in [3.63, 3.8) is 0 Å². The van der Waals surface area contributed by atoms with Gasteiger partial charge in [-0.25, -0.2) is 4.39 Å². The van der Waals surface area contributed by atoms with Gasteiger partial charge in [0.15, 0.2) is 11.6 Å². The molecule has 4 nitrogen and oxygen atoms in total. The standard InChI is InChI=1S/C17H17FN2O2/c1-20(12-13-22-16-5-3-2-4-15(16)18)17(21)7-6-14-8-10-19-11-9-14/h2-11H,12-13H2,1H3/b7-6+. The number of halogens is 1. The molecular formula is C17H17FN2O2. The third-order valence-corrected chi connectivity index (χ3v) is 3.02. The van der Waals surface area contributed by atoms with Gasteiger partial charge in [0, 0.05) is 25.5 Å². The first-order valence-electron chi connectivity index (χ1n) is 6.87. The molecule has 1 aromatic carbocycles. The van der Waals surface area contributed by atoms with Crippen LogP contribution < -0.4 is 4.74 Å². The van der Waals surface area contributed by atoms with Crippen molar-refractivity contribution in [2.45, 2.75) is 0 Å². The molecule has 0 aliphatic rings. The Balaban J connectivity index is 1.79. The molecule has 22 heavy (non-hydrogen) atoms. The van der Waals surface area contributed by atoms with E-state index in [1.54, 1.807) is 43.7 Å². The second-order valence-corrected chi connectivity index (χ2v) is 4.65. The Bertz CT molecular complexity index is 644. The summed E-state index contributed by atoms with van der Waals surface area (Å²) in [7, 11) is 1.67. The Kier molecular flexibility index (Phi) is 5.65. The van der Waals surface area contributed by atoms with Crippen LogP contribution in [0.1, 0.15) is 5.56 Å². The summed E-state index contributed by atoms with van der Waals surface area (Å²) < 4.78 is 18.7. The van der Waals surface area contributed by atoms with E-state index in [2.05, 4.69) is 4.98 Å². The fourth-order valence-electron chi connectivity index (χ4n) is 1.73. The quantitative estimate of drug-likeness (QED) is 0.770. The minimum atomic E-state index is -0.408. The van der Waals surface area contributed by atoms with Gasteiger partial charge in [0.1, 0.15) is 6.61 Å². The Labute approximate surface area is 128 Å². The normalized spacial score (nSPS) is 10.6. The van der Waals surface area contributed by atoms with E-state index in [1.165, 1.54) is 17.0 Å². The van der Waals surface area contributed by atoms with Gasteiger partial charge in [-0.3, -0.25) is 9.78 Å². The van der Waals surface area contributed by atoms with Crippen molar-refractivity contribution in [3.8, 4) is 5.75 Å². The third kappa shape index (κ3) is 4.70. The molecule has 1 aromatic heterocycles. The van der Waals surface area contributed by atoms with Crippen LogP contribution in [-0.2, 0) is 4.79 Å². The number of aromatic nitrogens is 1. The lowest BCUT2D eigenvalue weighted by Gasteiger charge is -2.15. The molecule has 0 unspecified atom stereocenters. The first kappa shape index (κ1) is 15.7. The predicted octanol–water partition coefficient (Wildman–Crippen LogP) is 2.77. The van der Waals surface area contributed by atoms with E-state index in [9.17, 15) is 9.18 Å². The van der Waals surface area contributed by atoms with E-state index in [0.29, 0.717) is 6.54 Å². The zero-order valence-electron chi connectivity index (χ0n) is 12.3. The monoisotopic (exact) mass is 300 g/mol. The molecule has 5 heteroatoms. The first-order chi connectivity index (χ1) is 10.7. The van der Waals surface area contributed by atoms with E-state index in [1.807, 2.05) is 12.1 Å². The van der Waals surface area contributed by atoms with Gasteiger partial charge in [-0.2, -0.15) is 0 Å². The van der Waals surface area contributed by atoms with E-state index in [4.69, 9.17) is 4.74 Å². The summed E-state index contributed by atoms with van der Waals surface area (Å²) in [6.07, 6.45) is 6.53. The van der Waals surface area contributed by atoms with Crippen molar-refractivity contribution < 1.29 is 13.9 Å². The predicted molar refractivity (Wildman–Crippen MR) is 82.8 cm³/mol. The maximum absolute atomic E-state index is 13.4. The second kappa shape index (κ2) is 7.93. The van der Waals surface area contributed by atoms with Crippen LogP contribution in [0.5, 0.6) is 5.75 Å². The largest absolute Gasteiger partial charge is 0.489 e. The van der Waals surface area contributed by atoms with E-state index in [-0.39, 0.29) is 18.3 Å².